The number of halogens is 1. The monoisotopic (exact) mass is 258 g/mol. The second-order valence-corrected chi connectivity index (χ2v) is 4.37. The number of benzene rings is 1. The number of aromatic nitrogens is 2. The molecule has 0 radical (unpaired) electrons. The molecule has 0 aliphatic heterocycles. The lowest BCUT2D eigenvalue weighted by Gasteiger charge is -2.02. The Morgan fingerprint density at radius 3 is 2.89 bits per heavy atom. The van der Waals surface area contributed by atoms with Crippen molar-refractivity contribution < 1.29 is 4.42 Å². The summed E-state index contributed by atoms with van der Waals surface area (Å²) < 4.78 is 5.50. The van der Waals surface area contributed by atoms with Crippen molar-refractivity contribution in [3.8, 4) is 11.4 Å². The van der Waals surface area contributed by atoms with E-state index in [1.54, 1.807) is 6.26 Å². The minimum absolute atomic E-state index is 0.381. The standard InChI is InChI=1S/C14H11ClN2O/c1-9-6-10(7-15)17-14(16-9)12-8-18-13-5-3-2-4-11(12)13/h2-6,8H,7H2,1H3. The van der Waals surface area contributed by atoms with Gasteiger partial charge in [0.2, 0.25) is 0 Å². The van der Waals surface area contributed by atoms with Crippen molar-refractivity contribution in [2.45, 2.75) is 12.8 Å². The van der Waals surface area contributed by atoms with Crippen molar-refractivity contribution in [1.29, 1.82) is 0 Å². The Balaban J connectivity index is 2.22. The van der Waals surface area contributed by atoms with E-state index in [9.17, 15) is 0 Å². The number of para-hydroxylation sites is 1. The molecule has 0 aliphatic carbocycles. The van der Waals surface area contributed by atoms with Crippen LogP contribution in [0.3, 0.4) is 0 Å². The molecule has 0 saturated carbocycles. The van der Waals surface area contributed by atoms with Crippen LogP contribution < -0.4 is 0 Å². The number of hydrogen-bond acceptors (Lipinski definition) is 3. The first kappa shape index (κ1) is 11.2. The van der Waals surface area contributed by atoms with Crippen LogP contribution in [-0.2, 0) is 5.88 Å². The quantitative estimate of drug-likeness (QED) is 0.654. The molecule has 3 rings (SSSR count). The van der Waals surface area contributed by atoms with Crippen molar-refractivity contribution in [3.63, 3.8) is 0 Å². The van der Waals surface area contributed by atoms with E-state index in [0.717, 1.165) is 27.9 Å². The van der Waals surface area contributed by atoms with Gasteiger partial charge in [-0.15, -0.1) is 11.6 Å². The highest BCUT2D eigenvalue weighted by Crippen LogP contribution is 2.28. The van der Waals surface area contributed by atoms with Gasteiger partial charge in [0.15, 0.2) is 5.82 Å². The number of rotatable bonds is 2. The van der Waals surface area contributed by atoms with Crippen molar-refractivity contribution in [2.24, 2.45) is 0 Å². The average molecular weight is 259 g/mol. The Labute approximate surface area is 109 Å². The fourth-order valence-corrected chi connectivity index (χ4v) is 2.11. The summed E-state index contributed by atoms with van der Waals surface area (Å²) in [6.45, 7) is 1.93. The van der Waals surface area contributed by atoms with E-state index in [-0.39, 0.29) is 0 Å². The maximum absolute atomic E-state index is 5.84. The van der Waals surface area contributed by atoms with Gasteiger partial charge in [0.25, 0.3) is 0 Å². The summed E-state index contributed by atoms with van der Waals surface area (Å²) in [5.41, 5.74) is 3.47. The summed E-state index contributed by atoms with van der Waals surface area (Å²) in [6.07, 6.45) is 1.69. The molecular formula is C14H11ClN2O. The summed E-state index contributed by atoms with van der Waals surface area (Å²) >= 11 is 5.84. The molecular weight excluding hydrogens is 248 g/mol. The molecule has 18 heavy (non-hydrogen) atoms. The van der Waals surface area contributed by atoms with Gasteiger partial charge in [-0.1, -0.05) is 18.2 Å². The minimum Gasteiger partial charge on any atom is -0.464 e. The highest BCUT2D eigenvalue weighted by atomic mass is 35.5. The zero-order valence-corrected chi connectivity index (χ0v) is 10.6. The third kappa shape index (κ3) is 1.87. The van der Waals surface area contributed by atoms with Gasteiger partial charge < -0.3 is 4.42 Å². The second-order valence-electron chi connectivity index (χ2n) is 4.10. The Morgan fingerprint density at radius 1 is 1.22 bits per heavy atom. The molecule has 2 heterocycles. The lowest BCUT2D eigenvalue weighted by atomic mass is 10.1. The number of hydrogen-bond donors (Lipinski definition) is 0. The zero-order valence-electron chi connectivity index (χ0n) is 9.85. The van der Waals surface area contributed by atoms with E-state index < -0.39 is 0 Å². The molecule has 4 heteroatoms. The van der Waals surface area contributed by atoms with E-state index in [1.807, 2.05) is 37.3 Å². The average Bonchev–Trinajstić information content (AvgIpc) is 2.81. The van der Waals surface area contributed by atoms with Crippen LogP contribution in [0.1, 0.15) is 11.4 Å². The largest absolute Gasteiger partial charge is 0.464 e. The second kappa shape index (κ2) is 4.42. The van der Waals surface area contributed by atoms with Gasteiger partial charge in [0.05, 0.1) is 17.1 Å². The summed E-state index contributed by atoms with van der Waals surface area (Å²) in [5.74, 6) is 1.04. The zero-order chi connectivity index (χ0) is 12.5. The molecule has 0 aliphatic rings. The van der Waals surface area contributed by atoms with Crippen molar-refractivity contribution in [1.82, 2.24) is 9.97 Å². The van der Waals surface area contributed by atoms with E-state index in [1.165, 1.54) is 0 Å². The van der Waals surface area contributed by atoms with E-state index in [2.05, 4.69) is 9.97 Å². The third-order valence-electron chi connectivity index (χ3n) is 2.77. The van der Waals surface area contributed by atoms with Crippen molar-refractivity contribution >= 4 is 22.6 Å². The number of furan rings is 1. The molecule has 0 amide bonds. The van der Waals surface area contributed by atoms with Crippen molar-refractivity contribution in [2.75, 3.05) is 0 Å². The smallest absolute Gasteiger partial charge is 0.163 e. The molecule has 3 aromatic rings. The van der Waals surface area contributed by atoms with Crippen molar-refractivity contribution in [3.05, 3.63) is 48.0 Å². The normalized spacial score (nSPS) is 11.0. The molecule has 0 saturated heterocycles. The molecule has 2 aromatic heterocycles. The molecule has 90 valence electrons. The fourth-order valence-electron chi connectivity index (χ4n) is 1.97. The minimum atomic E-state index is 0.381. The van der Waals surface area contributed by atoms with Gasteiger partial charge in [0.1, 0.15) is 11.8 Å². The Morgan fingerprint density at radius 2 is 2.06 bits per heavy atom. The first-order chi connectivity index (χ1) is 8.78. The van der Waals surface area contributed by atoms with Gasteiger partial charge in [-0.25, -0.2) is 9.97 Å². The molecule has 0 spiro atoms. The van der Waals surface area contributed by atoms with Crippen LogP contribution in [0.15, 0.2) is 41.0 Å². The molecule has 0 N–H and O–H groups in total. The highest BCUT2D eigenvalue weighted by Gasteiger charge is 2.11. The Hall–Kier alpha value is -1.87. The summed E-state index contributed by atoms with van der Waals surface area (Å²) in [5, 5.41) is 1.02. The highest BCUT2D eigenvalue weighted by molar-refractivity contribution is 6.16. The summed E-state index contributed by atoms with van der Waals surface area (Å²) in [6, 6.07) is 9.73. The van der Waals surface area contributed by atoms with E-state index in [4.69, 9.17) is 16.0 Å². The predicted octanol–water partition coefficient (Wildman–Crippen LogP) is 3.94. The molecule has 3 nitrogen and oxygen atoms in total. The molecule has 0 unspecified atom stereocenters. The summed E-state index contributed by atoms with van der Waals surface area (Å²) in [7, 11) is 0. The van der Waals surface area contributed by atoms with E-state index >= 15 is 0 Å². The van der Waals surface area contributed by atoms with Crippen LogP contribution >= 0.6 is 11.6 Å². The molecule has 0 bridgehead atoms. The first-order valence-corrected chi connectivity index (χ1v) is 6.18. The lowest BCUT2D eigenvalue weighted by Crippen LogP contribution is -1.95. The molecule has 1 aromatic carbocycles. The van der Waals surface area contributed by atoms with Crippen LogP contribution in [0.4, 0.5) is 0 Å². The maximum Gasteiger partial charge on any atom is 0.163 e. The topological polar surface area (TPSA) is 38.9 Å². The van der Waals surface area contributed by atoms with Gasteiger partial charge in [-0.2, -0.15) is 0 Å². The number of fused-ring (bicyclic) bond motifs is 1. The SMILES string of the molecule is Cc1cc(CCl)nc(-c2coc3ccccc23)n1. The van der Waals surface area contributed by atoms with Crippen LogP contribution in [0.2, 0.25) is 0 Å². The van der Waals surface area contributed by atoms with Crippen LogP contribution in [0.5, 0.6) is 0 Å². The van der Waals surface area contributed by atoms with Gasteiger partial charge in [-0.3, -0.25) is 0 Å². The molecule has 0 fully saturated rings. The van der Waals surface area contributed by atoms with Crippen LogP contribution in [0.25, 0.3) is 22.4 Å². The van der Waals surface area contributed by atoms with Crippen LogP contribution in [-0.4, -0.2) is 9.97 Å². The molecule has 0 atom stereocenters. The van der Waals surface area contributed by atoms with Gasteiger partial charge >= 0.3 is 0 Å². The third-order valence-corrected chi connectivity index (χ3v) is 3.04. The van der Waals surface area contributed by atoms with Gasteiger partial charge in [-0.05, 0) is 19.1 Å². The summed E-state index contributed by atoms with van der Waals surface area (Å²) in [4.78, 5) is 8.89. The maximum atomic E-state index is 5.84. The number of nitrogens with zero attached hydrogens (tertiary/aromatic N) is 2. The van der Waals surface area contributed by atoms with Gasteiger partial charge in [0, 0.05) is 11.1 Å². The van der Waals surface area contributed by atoms with Crippen LogP contribution in [0, 0.1) is 6.92 Å². The first-order valence-electron chi connectivity index (χ1n) is 5.65. The number of alkyl halides is 1. The Bertz CT molecular complexity index is 706. The lowest BCUT2D eigenvalue weighted by molar-refractivity contribution is 0.616. The number of aryl methyl sites for hydroxylation is 1. The fraction of sp³-hybridized carbons (Fsp3) is 0.143. The Kier molecular flexibility index (Phi) is 2.76. The van der Waals surface area contributed by atoms with E-state index in [0.29, 0.717) is 11.7 Å². The predicted molar refractivity (Wildman–Crippen MR) is 71.5 cm³/mol.